The van der Waals surface area contributed by atoms with Crippen LogP contribution < -0.4 is 15.3 Å². The smallest absolute Gasteiger partial charge is 0.0478 e. The highest BCUT2D eigenvalue weighted by atomic mass is 35.5. The maximum atomic E-state index is 6.58. The quantitative estimate of drug-likeness (QED) is 0.0983. The van der Waals surface area contributed by atoms with Crippen LogP contribution in [0.2, 0.25) is 10.0 Å². The van der Waals surface area contributed by atoms with Gasteiger partial charge in [-0.1, -0.05) is 135 Å². The molecule has 0 aliphatic heterocycles. The molecule has 0 N–H and O–H groups in total. The third-order valence-electron chi connectivity index (χ3n) is 9.25. The van der Waals surface area contributed by atoms with Gasteiger partial charge in [-0.25, -0.2) is 0 Å². The van der Waals surface area contributed by atoms with E-state index in [1.807, 2.05) is 18.2 Å². The fraction of sp³-hybridized carbons (Fsp3) is 0.200. The van der Waals surface area contributed by atoms with Crippen molar-refractivity contribution in [2.75, 3.05) is 18.0 Å². The molecule has 0 fully saturated rings. The molecule has 0 atom stereocenters. The van der Waals surface area contributed by atoms with Crippen LogP contribution in [0, 0.1) is 0 Å². The number of fused-ring (bicyclic) bond motifs is 2. The number of rotatable bonds is 12. The van der Waals surface area contributed by atoms with Crippen LogP contribution >= 0.6 is 35.8 Å². The zero-order valence-electron chi connectivity index (χ0n) is 28.4. The summed E-state index contributed by atoms with van der Waals surface area (Å²) in [5.74, 6) is 0. The number of hydrogen-bond acceptors (Lipinski definition) is 2. The first-order chi connectivity index (χ1) is 23.8. The molecule has 49 heavy (non-hydrogen) atoms. The van der Waals surface area contributed by atoms with Gasteiger partial charge in [0, 0.05) is 33.7 Å². The van der Waals surface area contributed by atoms with Crippen LogP contribution in [0.5, 0.6) is 0 Å². The van der Waals surface area contributed by atoms with Gasteiger partial charge >= 0.3 is 0 Å². The van der Waals surface area contributed by atoms with Gasteiger partial charge in [0.05, 0.1) is 0 Å². The van der Waals surface area contributed by atoms with Crippen molar-refractivity contribution in [3.8, 4) is 0 Å². The highest BCUT2D eigenvalue weighted by molar-refractivity contribution is 7.80. The first-order valence-electron chi connectivity index (χ1n) is 17.3. The average Bonchev–Trinajstić information content (AvgIpc) is 3.11. The molecule has 0 bridgehead atoms. The average molecular weight is 701 g/mol. The maximum absolute atomic E-state index is 6.58. The Morgan fingerprint density at radius 1 is 0.653 bits per heavy atom. The van der Waals surface area contributed by atoms with Crippen molar-refractivity contribution in [3.63, 3.8) is 0 Å². The number of halogens is 2. The van der Waals surface area contributed by atoms with Crippen molar-refractivity contribution >= 4 is 78.0 Å². The van der Waals surface area contributed by atoms with E-state index in [2.05, 4.69) is 128 Å². The second kappa shape index (κ2) is 16.2. The van der Waals surface area contributed by atoms with Crippen molar-refractivity contribution in [1.82, 2.24) is 0 Å². The molecular weight excluding hydrogens is 657 g/mol. The molecule has 0 spiro atoms. The summed E-state index contributed by atoms with van der Waals surface area (Å²) in [5.41, 5.74) is 11.6. The van der Waals surface area contributed by atoms with Gasteiger partial charge in [-0.05, 0) is 122 Å². The number of nitrogens with zero attached hydrogens (tertiary/aromatic N) is 1. The lowest BCUT2D eigenvalue weighted by molar-refractivity contribution is 0.678. The van der Waals surface area contributed by atoms with Crippen LogP contribution in [-0.2, 0) is 6.42 Å². The number of hydrogen-bond donors (Lipinski definition) is 1. The third kappa shape index (κ3) is 8.44. The minimum Gasteiger partial charge on any atom is -0.372 e. The van der Waals surface area contributed by atoms with Crippen molar-refractivity contribution in [2.45, 2.75) is 50.8 Å². The first-order valence-corrected chi connectivity index (χ1v) is 18.5. The van der Waals surface area contributed by atoms with E-state index in [-0.39, 0.29) is 0 Å². The lowest BCUT2D eigenvalue weighted by Gasteiger charge is -2.24. The summed E-state index contributed by atoms with van der Waals surface area (Å²) in [6.45, 7) is 10.9. The minimum atomic E-state index is 0.657. The monoisotopic (exact) mass is 699 g/mol. The molecule has 1 aliphatic carbocycles. The van der Waals surface area contributed by atoms with E-state index in [0.717, 1.165) is 62.7 Å². The molecule has 1 nitrogen and oxygen atoms in total. The second-order valence-corrected chi connectivity index (χ2v) is 14.2. The lowest BCUT2D eigenvalue weighted by atomic mass is 9.83. The summed E-state index contributed by atoms with van der Waals surface area (Å²) < 4.78 is 0. The molecule has 0 amide bonds. The van der Waals surface area contributed by atoms with Crippen LogP contribution in [0.4, 0.5) is 5.69 Å². The predicted molar refractivity (Wildman–Crippen MR) is 219 cm³/mol. The Morgan fingerprint density at radius 2 is 1.22 bits per heavy atom. The van der Waals surface area contributed by atoms with Gasteiger partial charge < -0.3 is 4.90 Å². The van der Waals surface area contributed by atoms with E-state index in [9.17, 15) is 0 Å². The van der Waals surface area contributed by atoms with Crippen LogP contribution in [0.1, 0.15) is 84.0 Å². The molecule has 5 aromatic carbocycles. The molecule has 0 saturated carbocycles. The predicted octanol–water partition coefficient (Wildman–Crippen LogP) is 11.6. The highest BCUT2D eigenvalue weighted by Crippen LogP contribution is 2.34. The number of benzene rings is 5. The number of thiol groups is 1. The number of unbranched alkanes of at least 4 members (excludes halogenated alkanes) is 2. The lowest BCUT2D eigenvalue weighted by Crippen LogP contribution is -2.25. The zero-order chi connectivity index (χ0) is 34.3. The molecule has 0 saturated heterocycles. The van der Waals surface area contributed by atoms with Gasteiger partial charge in [-0.15, -0.1) is 12.6 Å². The van der Waals surface area contributed by atoms with Gasteiger partial charge in [0.1, 0.15) is 0 Å². The Hall–Kier alpha value is -3.95. The van der Waals surface area contributed by atoms with Gasteiger partial charge in [-0.2, -0.15) is 0 Å². The molecule has 4 heteroatoms. The van der Waals surface area contributed by atoms with Gasteiger partial charge in [-0.3, -0.25) is 0 Å². The summed E-state index contributed by atoms with van der Waals surface area (Å²) in [6.07, 6.45) is 14.4. The Kier molecular flexibility index (Phi) is 11.5. The molecular formula is C45H43Cl2NS. The van der Waals surface area contributed by atoms with Crippen LogP contribution in [-0.4, -0.2) is 13.1 Å². The van der Waals surface area contributed by atoms with Gasteiger partial charge in [0.2, 0.25) is 0 Å². The van der Waals surface area contributed by atoms with E-state index in [1.165, 1.54) is 53.6 Å². The third-order valence-corrected chi connectivity index (χ3v) is 10.2. The van der Waals surface area contributed by atoms with E-state index >= 15 is 0 Å². The van der Waals surface area contributed by atoms with E-state index < -0.39 is 0 Å². The summed E-state index contributed by atoms with van der Waals surface area (Å²) >= 11 is 18.1. The van der Waals surface area contributed by atoms with Crippen LogP contribution in [0.3, 0.4) is 0 Å². The van der Waals surface area contributed by atoms with Crippen molar-refractivity contribution in [1.29, 1.82) is 0 Å². The SMILES string of the molecule is C=c1cc2c(cc1Cl)=C(c1ccc(/C=C/c3ccc(/C=C/c4ccc(N(CCCC)CCCC)cc4)cc3)cc1S)c1cc(Cl)ccc1C2. The van der Waals surface area contributed by atoms with Crippen LogP contribution in [0.25, 0.3) is 36.5 Å². The molecule has 0 heterocycles. The largest absolute Gasteiger partial charge is 0.372 e. The Balaban J connectivity index is 1.17. The summed E-state index contributed by atoms with van der Waals surface area (Å²) in [5, 5.41) is 3.31. The maximum Gasteiger partial charge on any atom is 0.0478 e. The van der Waals surface area contributed by atoms with E-state index in [1.54, 1.807) is 0 Å². The second-order valence-electron chi connectivity index (χ2n) is 12.8. The van der Waals surface area contributed by atoms with Gasteiger partial charge in [0.15, 0.2) is 0 Å². The summed E-state index contributed by atoms with van der Waals surface area (Å²) in [6, 6.07) is 34.3. The fourth-order valence-electron chi connectivity index (χ4n) is 6.46. The highest BCUT2D eigenvalue weighted by Gasteiger charge is 2.21. The summed E-state index contributed by atoms with van der Waals surface area (Å²) in [7, 11) is 0. The number of anilines is 1. The van der Waals surface area contributed by atoms with Crippen molar-refractivity contribution in [3.05, 3.63) is 162 Å². The normalized spacial score (nSPS) is 12.5. The topological polar surface area (TPSA) is 3.24 Å². The molecule has 0 radical (unpaired) electrons. The Bertz CT molecular complexity index is 2100. The molecule has 0 unspecified atom stereocenters. The Labute approximate surface area is 307 Å². The molecule has 248 valence electrons. The van der Waals surface area contributed by atoms with Crippen LogP contribution in [0.15, 0.2) is 102 Å². The fourth-order valence-corrected chi connectivity index (χ4v) is 7.13. The first kappa shape index (κ1) is 34.9. The minimum absolute atomic E-state index is 0.657. The molecule has 0 aromatic heterocycles. The zero-order valence-corrected chi connectivity index (χ0v) is 30.8. The Morgan fingerprint density at radius 3 is 1.82 bits per heavy atom. The molecule has 6 rings (SSSR count). The summed E-state index contributed by atoms with van der Waals surface area (Å²) in [4.78, 5) is 3.42. The van der Waals surface area contributed by atoms with Crippen molar-refractivity contribution < 1.29 is 0 Å². The molecule has 5 aromatic rings. The van der Waals surface area contributed by atoms with E-state index in [4.69, 9.17) is 35.8 Å². The van der Waals surface area contributed by atoms with Gasteiger partial charge in [0.25, 0.3) is 0 Å². The standard InChI is InChI=1S/C45H43Cl2NS/c1-4-6-24-48(25-7-5-2)39-21-16-34(17-22-39)13-12-32-8-10-33(11-9-32)14-15-35-18-23-40(44(49)27-35)45-41-29-38(46)20-19-36(41)28-37-26-31(3)43(47)30-42(37)45/h8-23,26-27,29-30,49H,3-7,24-25,28H2,1-2H3/b13-12+,15-14+. The molecule has 1 aliphatic rings. The van der Waals surface area contributed by atoms with E-state index in [0.29, 0.717) is 10.0 Å². The van der Waals surface area contributed by atoms with Crippen molar-refractivity contribution in [2.24, 2.45) is 0 Å².